The molecule has 0 unspecified atom stereocenters. The fraction of sp³-hybridized carbons (Fsp3) is 0.500. The largest absolute Gasteiger partial charge is 0.493 e. The Kier molecular flexibility index (Phi) is 7.54. The molecule has 1 fully saturated rings. The highest BCUT2D eigenvalue weighted by atomic mass is 35.5. The van der Waals surface area contributed by atoms with Crippen LogP contribution in [0.3, 0.4) is 0 Å². The summed E-state index contributed by atoms with van der Waals surface area (Å²) in [6, 6.07) is 3.61. The first-order valence-electron chi connectivity index (χ1n) is 8.99. The third-order valence-electron chi connectivity index (χ3n) is 3.81. The number of benzene rings is 1. The lowest BCUT2D eigenvalue weighted by atomic mass is 10.2. The molecule has 0 bridgehead atoms. The van der Waals surface area contributed by atoms with E-state index in [1.54, 1.807) is 25.1 Å². The molecule has 0 saturated heterocycles. The predicted octanol–water partition coefficient (Wildman–Crippen LogP) is 3.61. The molecule has 2 rings (SSSR count). The molecule has 7 heteroatoms. The van der Waals surface area contributed by atoms with Crippen molar-refractivity contribution in [2.45, 2.75) is 45.8 Å². The van der Waals surface area contributed by atoms with E-state index in [4.69, 9.17) is 25.8 Å². The van der Waals surface area contributed by atoms with Crippen LogP contribution >= 0.6 is 11.6 Å². The van der Waals surface area contributed by atoms with Crippen molar-refractivity contribution in [1.82, 2.24) is 5.32 Å². The van der Waals surface area contributed by atoms with Crippen LogP contribution in [0, 0.1) is 5.92 Å². The Labute approximate surface area is 164 Å². The number of methoxy groups -OCH3 is 1. The highest BCUT2D eigenvalue weighted by Crippen LogP contribution is 2.37. The number of amides is 1. The van der Waals surface area contributed by atoms with Crippen LogP contribution in [0.25, 0.3) is 6.08 Å². The van der Waals surface area contributed by atoms with Crippen molar-refractivity contribution in [2.75, 3.05) is 13.7 Å². The zero-order valence-corrected chi connectivity index (χ0v) is 16.8. The Bertz CT molecular complexity index is 713. The van der Waals surface area contributed by atoms with E-state index in [2.05, 4.69) is 5.32 Å². The van der Waals surface area contributed by atoms with E-state index in [0.29, 0.717) is 34.6 Å². The zero-order valence-electron chi connectivity index (χ0n) is 16.1. The van der Waals surface area contributed by atoms with Crippen LogP contribution in [0.5, 0.6) is 11.5 Å². The Hall–Kier alpha value is -2.21. The molecule has 0 heterocycles. The summed E-state index contributed by atoms with van der Waals surface area (Å²) in [4.78, 5) is 23.8. The maximum Gasteiger partial charge on any atom is 0.331 e. The van der Waals surface area contributed by atoms with E-state index in [1.807, 2.05) is 13.8 Å². The van der Waals surface area contributed by atoms with Crippen LogP contribution < -0.4 is 14.8 Å². The van der Waals surface area contributed by atoms with Gasteiger partial charge in [0.05, 0.1) is 18.7 Å². The summed E-state index contributed by atoms with van der Waals surface area (Å²) in [5.74, 6) is 0.407. The zero-order chi connectivity index (χ0) is 20.0. The Morgan fingerprint density at radius 1 is 1.30 bits per heavy atom. The summed E-state index contributed by atoms with van der Waals surface area (Å²) in [7, 11) is 1.52. The number of halogens is 1. The predicted molar refractivity (Wildman–Crippen MR) is 104 cm³/mol. The van der Waals surface area contributed by atoms with Gasteiger partial charge in [0, 0.05) is 12.1 Å². The third kappa shape index (κ3) is 6.79. The van der Waals surface area contributed by atoms with Crippen LogP contribution in [0.4, 0.5) is 0 Å². The van der Waals surface area contributed by atoms with E-state index >= 15 is 0 Å². The summed E-state index contributed by atoms with van der Waals surface area (Å²) < 4.78 is 16.1. The maximum absolute atomic E-state index is 11.9. The SMILES string of the molecule is COc1cc(/C=C/C(=O)O[C@H](C)C(=O)NC2CC2)cc(Cl)c1OCC(C)C. The normalized spacial score (nSPS) is 14.9. The van der Waals surface area contributed by atoms with Gasteiger partial charge in [-0.2, -0.15) is 0 Å². The summed E-state index contributed by atoms with van der Waals surface area (Å²) >= 11 is 6.28. The summed E-state index contributed by atoms with van der Waals surface area (Å²) in [6.45, 7) is 6.13. The number of carbonyl (C=O) groups excluding carboxylic acids is 2. The molecule has 148 valence electrons. The number of nitrogens with one attached hydrogen (secondary N) is 1. The van der Waals surface area contributed by atoms with Gasteiger partial charge in [0.1, 0.15) is 0 Å². The molecular weight excluding hydrogens is 370 g/mol. The van der Waals surface area contributed by atoms with Crippen molar-refractivity contribution in [3.05, 3.63) is 28.8 Å². The van der Waals surface area contributed by atoms with Crippen LogP contribution in [0.1, 0.15) is 39.2 Å². The molecule has 1 saturated carbocycles. The third-order valence-corrected chi connectivity index (χ3v) is 4.09. The molecule has 6 nitrogen and oxygen atoms in total. The smallest absolute Gasteiger partial charge is 0.331 e. The molecule has 0 aromatic heterocycles. The molecule has 0 spiro atoms. The standard InChI is InChI=1S/C20H26ClNO5/c1-12(2)11-26-19-16(21)9-14(10-17(19)25-4)5-8-18(23)27-13(3)20(24)22-15-6-7-15/h5,8-10,12-13,15H,6-7,11H2,1-4H3,(H,22,24)/b8-5+/t13-/m1/s1. The quantitative estimate of drug-likeness (QED) is 0.510. The van der Waals surface area contributed by atoms with Gasteiger partial charge in [-0.1, -0.05) is 25.4 Å². The average molecular weight is 396 g/mol. The summed E-state index contributed by atoms with van der Waals surface area (Å²) in [5, 5.41) is 3.18. The van der Waals surface area contributed by atoms with E-state index in [-0.39, 0.29) is 11.9 Å². The second kappa shape index (κ2) is 9.65. The van der Waals surface area contributed by atoms with Gasteiger partial charge >= 0.3 is 5.97 Å². The topological polar surface area (TPSA) is 73.9 Å². The summed E-state index contributed by atoms with van der Waals surface area (Å²) in [6.07, 6.45) is 3.92. The minimum absolute atomic E-state index is 0.222. The number of ether oxygens (including phenoxy) is 3. The van der Waals surface area contributed by atoms with Gasteiger partial charge < -0.3 is 19.5 Å². The number of hydrogen-bond donors (Lipinski definition) is 1. The van der Waals surface area contributed by atoms with Gasteiger partial charge in [-0.05, 0) is 49.5 Å². The van der Waals surface area contributed by atoms with Crippen molar-refractivity contribution < 1.29 is 23.8 Å². The molecular formula is C20H26ClNO5. The molecule has 1 atom stereocenters. The van der Waals surface area contributed by atoms with Crippen molar-refractivity contribution in [2.24, 2.45) is 5.92 Å². The van der Waals surface area contributed by atoms with Crippen LogP contribution in [0.2, 0.25) is 5.02 Å². The fourth-order valence-corrected chi connectivity index (χ4v) is 2.48. The number of carbonyl (C=O) groups is 2. The summed E-state index contributed by atoms with van der Waals surface area (Å²) in [5.41, 5.74) is 0.654. The van der Waals surface area contributed by atoms with Gasteiger partial charge in [0.25, 0.3) is 5.91 Å². The molecule has 1 aliphatic rings. The van der Waals surface area contributed by atoms with Gasteiger partial charge in [0.2, 0.25) is 0 Å². The Morgan fingerprint density at radius 2 is 2.00 bits per heavy atom. The maximum atomic E-state index is 11.9. The average Bonchev–Trinajstić information content (AvgIpc) is 3.42. The monoisotopic (exact) mass is 395 g/mol. The van der Waals surface area contributed by atoms with Crippen LogP contribution in [-0.2, 0) is 14.3 Å². The first-order valence-corrected chi connectivity index (χ1v) is 9.37. The van der Waals surface area contributed by atoms with Gasteiger partial charge in [-0.25, -0.2) is 4.79 Å². The molecule has 1 aromatic rings. The molecule has 1 N–H and O–H groups in total. The molecule has 0 aliphatic heterocycles. The fourth-order valence-electron chi connectivity index (χ4n) is 2.20. The van der Waals surface area contributed by atoms with Crippen molar-refractivity contribution in [1.29, 1.82) is 0 Å². The van der Waals surface area contributed by atoms with E-state index in [0.717, 1.165) is 12.8 Å². The van der Waals surface area contributed by atoms with E-state index < -0.39 is 12.1 Å². The lowest BCUT2D eigenvalue weighted by Crippen LogP contribution is -2.36. The van der Waals surface area contributed by atoms with Gasteiger partial charge in [-0.3, -0.25) is 4.79 Å². The second-order valence-electron chi connectivity index (χ2n) is 6.93. The van der Waals surface area contributed by atoms with Crippen molar-refractivity contribution in [3.8, 4) is 11.5 Å². The first-order chi connectivity index (χ1) is 12.8. The first kappa shape index (κ1) is 21.1. The molecule has 0 radical (unpaired) electrons. The number of rotatable bonds is 9. The number of hydrogen-bond acceptors (Lipinski definition) is 5. The van der Waals surface area contributed by atoms with E-state index in [1.165, 1.54) is 13.2 Å². The van der Waals surface area contributed by atoms with Crippen LogP contribution in [-0.4, -0.2) is 37.7 Å². The minimum atomic E-state index is -0.840. The highest BCUT2D eigenvalue weighted by Gasteiger charge is 2.26. The van der Waals surface area contributed by atoms with Crippen molar-refractivity contribution >= 4 is 29.6 Å². The Balaban J connectivity index is 1.99. The molecule has 1 amide bonds. The molecule has 1 aliphatic carbocycles. The van der Waals surface area contributed by atoms with E-state index in [9.17, 15) is 9.59 Å². The lowest BCUT2D eigenvalue weighted by Gasteiger charge is -2.14. The lowest BCUT2D eigenvalue weighted by molar-refractivity contribution is -0.150. The Morgan fingerprint density at radius 3 is 2.59 bits per heavy atom. The molecule has 1 aromatic carbocycles. The van der Waals surface area contributed by atoms with Crippen molar-refractivity contribution in [3.63, 3.8) is 0 Å². The van der Waals surface area contributed by atoms with Crippen LogP contribution in [0.15, 0.2) is 18.2 Å². The van der Waals surface area contributed by atoms with Gasteiger partial charge in [-0.15, -0.1) is 0 Å². The molecule has 27 heavy (non-hydrogen) atoms. The highest BCUT2D eigenvalue weighted by molar-refractivity contribution is 6.32. The van der Waals surface area contributed by atoms with Gasteiger partial charge in [0.15, 0.2) is 17.6 Å². The minimum Gasteiger partial charge on any atom is -0.493 e. The number of esters is 1. The second-order valence-corrected chi connectivity index (χ2v) is 7.34.